The van der Waals surface area contributed by atoms with Gasteiger partial charge in [-0.15, -0.1) is 28.8 Å². The van der Waals surface area contributed by atoms with Gasteiger partial charge < -0.3 is 5.32 Å². The quantitative estimate of drug-likeness (QED) is 0.414. The van der Waals surface area contributed by atoms with Gasteiger partial charge in [-0.3, -0.25) is 10.1 Å². The number of nitrogens with zero attached hydrogens (tertiary/aromatic N) is 3. The van der Waals surface area contributed by atoms with Crippen molar-refractivity contribution in [1.29, 1.82) is 0 Å². The molecule has 6 nitrogen and oxygen atoms in total. The fourth-order valence-corrected chi connectivity index (χ4v) is 4.03. The molecule has 162 valence electrons. The minimum absolute atomic E-state index is 0. The van der Waals surface area contributed by atoms with Gasteiger partial charge in [-0.05, 0) is 47.7 Å². The molecule has 2 N–H and O–H groups in total. The van der Waals surface area contributed by atoms with Crippen LogP contribution in [0.3, 0.4) is 0 Å². The van der Waals surface area contributed by atoms with E-state index in [-0.39, 0.29) is 36.1 Å². The minimum atomic E-state index is -0.312. The standard InChI is InChI=1S/C23H18FN5OS.ClH/c1-14-4-6-15(7-5-14)18-13-19(16-8-10-17(24)11-9-16)29-23(25-18)27-22(28-29)26-21(30)20-3-2-12-31-20;/h2-13,19H,1H3,(H2,25,26,27,28,30);1H. The van der Waals surface area contributed by atoms with Crippen LogP contribution in [-0.4, -0.2) is 20.7 Å². The molecule has 1 amide bonds. The molecule has 0 bridgehead atoms. The molecule has 0 spiro atoms. The number of aromatic nitrogens is 3. The predicted molar refractivity (Wildman–Crippen MR) is 127 cm³/mol. The smallest absolute Gasteiger partial charge is 0.268 e. The van der Waals surface area contributed by atoms with Crippen LogP contribution in [0.2, 0.25) is 0 Å². The van der Waals surface area contributed by atoms with Gasteiger partial charge in [0.1, 0.15) is 11.9 Å². The molecule has 1 aliphatic rings. The van der Waals surface area contributed by atoms with Crippen molar-refractivity contribution >= 4 is 47.2 Å². The highest BCUT2D eigenvalue weighted by Gasteiger charge is 2.26. The van der Waals surface area contributed by atoms with Gasteiger partial charge in [0.2, 0.25) is 5.95 Å². The van der Waals surface area contributed by atoms with Crippen LogP contribution in [0, 0.1) is 12.7 Å². The number of thiophene rings is 1. The van der Waals surface area contributed by atoms with E-state index in [2.05, 4.69) is 20.7 Å². The molecule has 0 saturated carbocycles. The second-order valence-corrected chi connectivity index (χ2v) is 8.15. The number of rotatable bonds is 4. The molecule has 0 radical (unpaired) electrons. The molecular formula is C23H19ClFN5OS. The van der Waals surface area contributed by atoms with Gasteiger partial charge in [-0.1, -0.05) is 48.0 Å². The second kappa shape index (κ2) is 8.94. The Balaban J connectivity index is 0.00000245. The average Bonchev–Trinajstić information content (AvgIpc) is 3.44. The van der Waals surface area contributed by atoms with Crippen molar-refractivity contribution in [2.45, 2.75) is 13.0 Å². The number of nitrogens with one attached hydrogen (secondary N) is 2. The van der Waals surface area contributed by atoms with Gasteiger partial charge >= 0.3 is 0 Å². The fourth-order valence-electron chi connectivity index (χ4n) is 3.42. The summed E-state index contributed by atoms with van der Waals surface area (Å²) in [5.41, 5.74) is 3.88. The van der Waals surface area contributed by atoms with Crippen molar-refractivity contribution < 1.29 is 9.18 Å². The summed E-state index contributed by atoms with van der Waals surface area (Å²) in [6.07, 6.45) is 2.02. The number of amides is 1. The summed E-state index contributed by atoms with van der Waals surface area (Å²) in [6, 6.07) is 17.7. The van der Waals surface area contributed by atoms with E-state index < -0.39 is 0 Å². The highest BCUT2D eigenvalue weighted by Crippen LogP contribution is 2.33. The highest BCUT2D eigenvalue weighted by atomic mass is 35.5. The van der Waals surface area contributed by atoms with Gasteiger partial charge in [0.25, 0.3) is 11.9 Å². The Labute approximate surface area is 194 Å². The Morgan fingerprint density at radius 2 is 1.88 bits per heavy atom. The molecule has 1 atom stereocenters. The second-order valence-electron chi connectivity index (χ2n) is 7.20. The summed E-state index contributed by atoms with van der Waals surface area (Å²) in [4.78, 5) is 17.5. The fraction of sp³-hybridized carbons (Fsp3) is 0.0870. The topological polar surface area (TPSA) is 71.8 Å². The maximum atomic E-state index is 13.5. The first-order chi connectivity index (χ1) is 15.1. The molecule has 5 rings (SSSR count). The number of fused-ring (bicyclic) bond motifs is 1. The zero-order valence-corrected chi connectivity index (χ0v) is 18.6. The lowest BCUT2D eigenvalue weighted by molar-refractivity contribution is 0.102. The van der Waals surface area contributed by atoms with Crippen molar-refractivity contribution in [3.8, 4) is 0 Å². The van der Waals surface area contributed by atoms with Crippen LogP contribution in [0.5, 0.6) is 0 Å². The summed E-state index contributed by atoms with van der Waals surface area (Å²) < 4.78 is 15.2. The first-order valence-corrected chi connectivity index (χ1v) is 10.6. The third-order valence-electron chi connectivity index (χ3n) is 5.01. The van der Waals surface area contributed by atoms with Crippen LogP contribution in [0.25, 0.3) is 5.70 Å². The van der Waals surface area contributed by atoms with Crippen molar-refractivity contribution in [2.24, 2.45) is 0 Å². The predicted octanol–water partition coefficient (Wildman–Crippen LogP) is 5.52. The molecule has 0 fully saturated rings. The molecule has 1 unspecified atom stereocenters. The number of hydrogen-bond donors (Lipinski definition) is 2. The number of anilines is 2. The third-order valence-corrected chi connectivity index (χ3v) is 5.88. The van der Waals surface area contributed by atoms with E-state index in [1.54, 1.807) is 22.9 Å². The van der Waals surface area contributed by atoms with Crippen LogP contribution >= 0.6 is 23.7 Å². The minimum Gasteiger partial charge on any atom is -0.324 e. The number of carbonyl (C=O) groups excluding carboxylic acids is 1. The number of hydrogen-bond acceptors (Lipinski definition) is 5. The highest BCUT2D eigenvalue weighted by molar-refractivity contribution is 7.12. The van der Waals surface area contributed by atoms with Gasteiger partial charge in [-0.25, -0.2) is 9.07 Å². The molecule has 1 aliphatic heterocycles. The van der Waals surface area contributed by atoms with Crippen molar-refractivity contribution in [3.63, 3.8) is 0 Å². The summed E-state index contributed by atoms with van der Waals surface area (Å²) in [5, 5.41) is 12.4. The molecule has 9 heteroatoms. The Bertz CT molecular complexity index is 1270. The lowest BCUT2D eigenvalue weighted by Crippen LogP contribution is -2.20. The molecule has 2 aromatic heterocycles. The molecular weight excluding hydrogens is 449 g/mol. The first-order valence-electron chi connectivity index (χ1n) is 9.69. The van der Waals surface area contributed by atoms with Crippen LogP contribution in [0.15, 0.2) is 72.1 Å². The number of allylic oxidation sites excluding steroid dienone is 1. The van der Waals surface area contributed by atoms with Gasteiger partial charge in [0.15, 0.2) is 0 Å². The SMILES string of the molecule is Cc1ccc(C2=CC(c3ccc(F)cc3)n3nc(NC(=O)c4cccs4)nc3N2)cc1.Cl. The summed E-state index contributed by atoms with van der Waals surface area (Å²) in [6.45, 7) is 2.03. The average molecular weight is 468 g/mol. The largest absolute Gasteiger partial charge is 0.324 e. The zero-order valence-electron chi connectivity index (χ0n) is 16.9. The zero-order chi connectivity index (χ0) is 21.4. The Morgan fingerprint density at radius 1 is 1.12 bits per heavy atom. The summed E-state index contributed by atoms with van der Waals surface area (Å²) >= 11 is 1.35. The van der Waals surface area contributed by atoms with E-state index >= 15 is 0 Å². The number of aryl methyl sites for hydroxylation is 1. The molecule has 2 aromatic carbocycles. The maximum absolute atomic E-state index is 13.5. The molecule has 0 saturated heterocycles. The van der Waals surface area contributed by atoms with E-state index in [0.29, 0.717) is 10.8 Å². The van der Waals surface area contributed by atoms with Crippen LogP contribution < -0.4 is 10.6 Å². The van der Waals surface area contributed by atoms with E-state index in [1.165, 1.54) is 23.5 Å². The van der Waals surface area contributed by atoms with E-state index in [0.717, 1.165) is 22.4 Å². The maximum Gasteiger partial charge on any atom is 0.268 e. The normalized spacial score (nSPS) is 14.6. The van der Waals surface area contributed by atoms with Crippen molar-refractivity contribution in [2.75, 3.05) is 10.6 Å². The number of benzene rings is 2. The third kappa shape index (κ3) is 4.28. The van der Waals surface area contributed by atoms with E-state index in [4.69, 9.17) is 0 Å². The molecule has 32 heavy (non-hydrogen) atoms. The molecule has 3 heterocycles. The van der Waals surface area contributed by atoms with Gasteiger partial charge in [0, 0.05) is 5.70 Å². The van der Waals surface area contributed by atoms with Gasteiger partial charge in [-0.2, -0.15) is 4.98 Å². The monoisotopic (exact) mass is 467 g/mol. The van der Waals surface area contributed by atoms with Crippen LogP contribution in [0.1, 0.15) is 32.4 Å². The Morgan fingerprint density at radius 3 is 2.56 bits per heavy atom. The van der Waals surface area contributed by atoms with Crippen LogP contribution in [-0.2, 0) is 0 Å². The Kier molecular flexibility index (Phi) is 6.07. The lowest BCUT2D eigenvalue weighted by atomic mass is 10.0. The van der Waals surface area contributed by atoms with Gasteiger partial charge in [0.05, 0.1) is 4.88 Å². The van der Waals surface area contributed by atoms with Crippen molar-refractivity contribution in [3.05, 3.63) is 99.5 Å². The number of halogens is 2. The van der Waals surface area contributed by atoms with Crippen LogP contribution in [0.4, 0.5) is 16.3 Å². The molecule has 0 aliphatic carbocycles. The number of carbonyl (C=O) groups is 1. The Hall–Kier alpha value is -3.49. The lowest BCUT2D eigenvalue weighted by Gasteiger charge is -2.24. The summed E-state index contributed by atoms with van der Waals surface area (Å²) in [7, 11) is 0. The summed E-state index contributed by atoms with van der Waals surface area (Å²) in [5.74, 6) is 0.131. The first kappa shape index (κ1) is 21.7. The van der Waals surface area contributed by atoms with E-state index in [1.807, 2.05) is 48.7 Å². The van der Waals surface area contributed by atoms with Crippen molar-refractivity contribution in [1.82, 2.24) is 14.8 Å². The molecule has 4 aromatic rings. The van der Waals surface area contributed by atoms with E-state index in [9.17, 15) is 9.18 Å².